The normalized spacial score (nSPS) is 17.0. The summed E-state index contributed by atoms with van der Waals surface area (Å²) in [7, 11) is 0. The van der Waals surface area contributed by atoms with Gasteiger partial charge in [0.15, 0.2) is 0 Å². The van der Waals surface area contributed by atoms with E-state index in [1.165, 1.54) is 0 Å². The zero-order valence-electron chi connectivity index (χ0n) is 71.8. The molecule has 0 N–H and O–H groups in total. The van der Waals surface area contributed by atoms with Crippen LogP contribution in [0.25, 0.3) is 88.4 Å². The molecule has 0 atom stereocenters. The summed E-state index contributed by atoms with van der Waals surface area (Å²) in [6, 6.07) is 34.9. The topological polar surface area (TPSA) is 25.6 Å². The lowest BCUT2D eigenvalue weighted by Crippen LogP contribution is -2.59. The third-order valence-electron chi connectivity index (χ3n) is 18.2. The monoisotopic (exact) mass is 1190 g/mol. The molecule has 0 aliphatic carbocycles. The summed E-state index contributed by atoms with van der Waals surface area (Å²) in [6.45, 7) is 8.90. The highest BCUT2D eigenvalue weighted by molar-refractivity contribution is 6.99. The van der Waals surface area contributed by atoms with E-state index in [9.17, 15) is 21.9 Å². The minimum Gasteiger partial charge on any atom is -0.458 e. The Morgan fingerprint density at radius 1 is 0.396 bits per heavy atom. The van der Waals surface area contributed by atoms with Crippen LogP contribution in [-0.2, 0) is 10.8 Å². The van der Waals surface area contributed by atoms with E-state index in [0.717, 1.165) is 42.9 Å². The maximum absolute atomic E-state index is 11.5. The maximum Gasteiger partial charge on any atom is 0.256 e. The summed E-state index contributed by atoms with van der Waals surface area (Å²) in [5, 5.41) is -1.43. The smallest absolute Gasteiger partial charge is 0.256 e. The third-order valence-corrected chi connectivity index (χ3v) is 18.2. The number of benzene rings is 13. The molecule has 5 heterocycles. The van der Waals surface area contributed by atoms with Crippen LogP contribution in [-0.4, -0.2) is 15.8 Å². The molecule has 15 aromatic rings. The Morgan fingerprint density at radius 2 is 0.901 bits per heavy atom. The Balaban J connectivity index is 1.05. The van der Waals surface area contributed by atoms with Gasteiger partial charge < -0.3 is 23.7 Å². The minimum atomic E-state index is -1.62. The van der Waals surface area contributed by atoms with E-state index in [4.69, 9.17) is 13.0 Å². The molecule has 2 aromatic heterocycles. The van der Waals surface area contributed by atoms with Crippen molar-refractivity contribution in [3.05, 3.63) is 307 Å². The Bertz CT molecular complexity index is 6630. The van der Waals surface area contributed by atoms with Gasteiger partial charge >= 0.3 is 0 Å². The predicted octanol–water partition coefficient (Wildman–Crippen LogP) is 20.7. The van der Waals surface area contributed by atoms with Crippen molar-refractivity contribution in [2.45, 2.75) is 45.4 Å². The van der Waals surface area contributed by atoms with Crippen molar-refractivity contribution in [1.82, 2.24) is 9.13 Å². The average molecular weight is 1190 g/mol. The van der Waals surface area contributed by atoms with E-state index in [1.54, 1.807) is 11.0 Å². The molecule has 18 rings (SSSR count). The molecule has 0 radical (unpaired) electrons. The molecule has 13 aromatic carbocycles. The van der Waals surface area contributed by atoms with Crippen molar-refractivity contribution in [2.75, 3.05) is 9.80 Å². The van der Waals surface area contributed by atoms with Gasteiger partial charge in [-0.05, 0) is 158 Å². The second kappa shape index (κ2) is 20.0. The lowest BCUT2D eigenvalue weighted by molar-refractivity contribution is 0.487. The minimum absolute atomic E-state index is 0.00807. The Kier molecular flexibility index (Phi) is 7.72. The number of anilines is 6. The third kappa shape index (κ3) is 8.05. The van der Waals surface area contributed by atoms with Crippen molar-refractivity contribution in [3.63, 3.8) is 0 Å². The van der Waals surface area contributed by atoms with Gasteiger partial charge in [-0.25, -0.2) is 0 Å². The second-order valence-electron chi connectivity index (χ2n) is 24.7. The molecule has 6 heteroatoms. The van der Waals surface area contributed by atoms with E-state index in [2.05, 4.69) is 69.9 Å². The van der Waals surface area contributed by atoms with Gasteiger partial charge in [0, 0.05) is 72.6 Å². The van der Waals surface area contributed by atoms with Gasteiger partial charge in [0.1, 0.15) is 11.5 Å². The lowest BCUT2D eigenvalue weighted by atomic mass is 9.34. The molecule has 91 heavy (non-hydrogen) atoms. The van der Waals surface area contributed by atoms with Crippen molar-refractivity contribution in [3.8, 4) is 56.3 Å². The molecule has 0 unspecified atom stereocenters. The summed E-state index contributed by atoms with van der Waals surface area (Å²) < 4.78 is 223. The number of hydrogen-bond donors (Lipinski definition) is 0. The van der Waals surface area contributed by atoms with E-state index >= 15 is 0 Å². The molecule has 0 bridgehead atoms. The van der Waals surface area contributed by atoms with Crippen LogP contribution >= 0.6 is 0 Å². The van der Waals surface area contributed by atoms with Crippen LogP contribution in [0.1, 0.15) is 81.5 Å². The first kappa shape index (κ1) is 35.2. The number of fused-ring (bicyclic) bond motifs is 12. The van der Waals surface area contributed by atoms with Crippen molar-refractivity contribution in [2.24, 2.45) is 0 Å². The summed E-state index contributed by atoms with van der Waals surface area (Å²) in [5.41, 5.74) is 5.07. The fourth-order valence-corrected chi connectivity index (χ4v) is 13.9. The SMILES string of the molecule is [2H]c1c([2H])c(-n2c3c([2H])c([2H])c([2H])c([2H])c3c3c([2H])c([2H])c([2H])c([2H])c32)c([2H])c2c1B1c3c(cc(-c4ccc5c(c4)C(C)(C)c4ccccc4N5c4ccccc4)cc3N(c3c(-c4ccccc4)cc(C(C)(C)C)cc3-c3ccccc3)c3c([2H])c(-n4c5c([2H])c([2H])c([2H])c([2H])c5c5c([2H])c([2H])c([2H])c([2H])c54)c([2H])c([2H])c31)O2. The van der Waals surface area contributed by atoms with Gasteiger partial charge in [-0.1, -0.05) is 222 Å². The number of ether oxygens (including phenoxy) is 1. The van der Waals surface area contributed by atoms with Crippen LogP contribution in [0.5, 0.6) is 11.5 Å². The van der Waals surface area contributed by atoms with E-state index in [0.29, 0.717) is 39.1 Å². The molecule has 3 aliphatic rings. The van der Waals surface area contributed by atoms with Crippen LogP contribution < -0.4 is 30.9 Å². The van der Waals surface area contributed by atoms with Gasteiger partial charge in [0.2, 0.25) is 0 Å². The molecule has 3 aliphatic heterocycles. The van der Waals surface area contributed by atoms with Crippen LogP contribution in [0, 0.1) is 0 Å². The highest BCUT2D eigenvalue weighted by Gasteiger charge is 2.45. The van der Waals surface area contributed by atoms with Crippen molar-refractivity contribution >= 4 is 101 Å². The fraction of sp³-hybridized carbons (Fsp3) is 0.0824. The summed E-state index contributed by atoms with van der Waals surface area (Å²) >= 11 is 0. The maximum atomic E-state index is 11.5. The number of nitrogens with zero attached hydrogens (tertiary/aromatic N) is 4. The summed E-state index contributed by atoms with van der Waals surface area (Å²) in [5.74, 6) is -0.467. The van der Waals surface area contributed by atoms with Crippen LogP contribution in [0.15, 0.2) is 291 Å². The van der Waals surface area contributed by atoms with E-state index in [1.807, 2.05) is 121 Å². The number of hydrogen-bond acceptors (Lipinski definition) is 3. The quantitative estimate of drug-likeness (QED) is 0.149. The van der Waals surface area contributed by atoms with Crippen molar-refractivity contribution in [1.29, 1.82) is 0 Å². The summed E-state index contributed by atoms with van der Waals surface area (Å²) in [4.78, 5) is 4.01. The van der Waals surface area contributed by atoms with E-state index < -0.39 is 190 Å². The van der Waals surface area contributed by atoms with Crippen LogP contribution in [0.4, 0.5) is 34.1 Å². The standard InChI is InChI=1S/C85H63BN4O/c1-84(2,3)58-50-66(54-25-9-6-10-26-54)83(67(51-58)55-27-11-7-12-28-55)90-78-52-60(88-72-36-20-15-31-62(72)63-32-16-21-37-73(63)88)42-44-70(78)86-71-45-43-61(89-74-38-22-17-33-64(74)65-34-18-23-39-75(65)89)53-80(71)91-81-49-57(48-79(90)82(81)86)56-41-46-77-69(47-56)85(4,5)68-35-19-24-40-76(68)87(77)59-29-13-8-14-30-59/h6-53H,1-5H3/i15D,16D,17D,18D,20D,21D,22D,23D,31D,32D,33D,34D,36D,37D,38D,39D,42D,43D,44D,45D,52D,53D. The molecule has 0 fully saturated rings. The van der Waals surface area contributed by atoms with Crippen LogP contribution in [0.3, 0.4) is 0 Å². The Morgan fingerprint density at radius 3 is 1.47 bits per heavy atom. The molecule has 0 amide bonds. The van der Waals surface area contributed by atoms with Crippen LogP contribution in [0.2, 0.25) is 0 Å². The molecule has 0 saturated heterocycles. The Labute approximate surface area is 561 Å². The number of rotatable bonds is 7. The molecular formula is C85H63BN4O. The highest BCUT2D eigenvalue weighted by Crippen LogP contribution is 2.55. The van der Waals surface area contributed by atoms with Crippen molar-refractivity contribution < 1.29 is 34.9 Å². The fourth-order valence-electron chi connectivity index (χ4n) is 13.9. The Hall–Kier alpha value is -11.1. The van der Waals surface area contributed by atoms with Gasteiger partial charge in [0.05, 0.1) is 69.3 Å². The largest absolute Gasteiger partial charge is 0.458 e. The van der Waals surface area contributed by atoms with Gasteiger partial charge in [0.25, 0.3) is 6.71 Å². The first-order valence-electron chi connectivity index (χ1n) is 41.1. The number of aromatic nitrogens is 2. The summed E-state index contributed by atoms with van der Waals surface area (Å²) in [6.07, 6.45) is 0. The molecule has 0 spiro atoms. The molecule has 0 saturated carbocycles. The predicted molar refractivity (Wildman–Crippen MR) is 383 cm³/mol. The second-order valence-corrected chi connectivity index (χ2v) is 24.7. The van der Waals surface area contributed by atoms with Gasteiger partial charge in [-0.3, -0.25) is 0 Å². The molecule has 432 valence electrons. The highest BCUT2D eigenvalue weighted by atomic mass is 16.5. The first-order valence-corrected chi connectivity index (χ1v) is 30.1. The zero-order chi connectivity index (χ0) is 80.0. The number of para-hydroxylation sites is 6. The first-order chi connectivity index (χ1) is 53.7. The molecule has 5 nitrogen and oxygen atoms in total. The average Bonchev–Trinajstić information content (AvgIpc) is 1.31. The van der Waals surface area contributed by atoms with E-state index in [-0.39, 0.29) is 55.1 Å². The zero-order valence-corrected chi connectivity index (χ0v) is 49.8. The molecular weight excluding hydrogens is 1100 g/mol. The van der Waals surface area contributed by atoms with Gasteiger partial charge in [-0.15, -0.1) is 0 Å². The van der Waals surface area contributed by atoms with Gasteiger partial charge in [-0.2, -0.15) is 0 Å². The lowest BCUT2D eigenvalue weighted by Gasteiger charge is -2.43.